The van der Waals surface area contributed by atoms with Crippen LogP contribution in [0.3, 0.4) is 0 Å². The van der Waals surface area contributed by atoms with Crippen molar-refractivity contribution >= 4 is 38.0 Å². The number of halogens is 1. The van der Waals surface area contributed by atoms with E-state index in [0.29, 0.717) is 33.8 Å². The van der Waals surface area contributed by atoms with Crippen molar-refractivity contribution in [3.05, 3.63) is 64.7 Å². The summed E-state index contributed by atoms with van der Waals surface area (Å²) in [6.45, 7) is 0. The number of nitrogen functional groups attached to an aromatic ring is 1. The van der Waals surface area contributed by atoms with Crippen molar-refractivity contribution in [3.63, 3.8) is 0 Å². The molecule has 0 fully saturated rings. The number of nitrogens with zero attached hydrogens (tertiary/aromatic N) is 1. The van der Waals surface area contributed by atoms with E-state index >= 15 is 0 Å². The fourth-order valence-electron chi connectivity index (χ4n) is 3.09. The largest absolute Gasteiger partial charge is 0.492 e. The highest BCUT2D eigenvalue weighted by molar-refractivity contribution is 7.22. The second kappa shape index (κ2) is 5.42. The van der Waals surface area contributed by atoms with Crippen LogP contribution in [0.15, 0.2) is 42.2 Å². The molecule has 0 radical (unpaired) electrons. The summed E-state index contributed by atoms with van der Waals surface area (Å²) in [6.07, 6.45) is 0.488. The molecule has 1 heterocycles. The van der Waals surface area contributed by atoms with Gasteiger partial charge >= 0.3 is 0 Å². The number of rotatable bonds is 2. The van der Waals surface area contributed by atoms with Crippen LogP contribution in [0, 0.1) is 5.82 Å². The number of Topliss-reactive ketones (excluding diaryl/α,β-unsaturated/α-hetero) is 1. The Morgan fingerprint density at radius 3 is 2.88 bits per heavy atom. The second-order valence-electron chi connectivity index (χ2n) is 5.53. The van der Waals surface area contributed by atoms with Crippen LogP contribution >= 0.6 is 11.3 Å². The Kier molecular flexibility index (Phi) is 3.35. The van der Waals surface area contributed by atoms with Crippen molar-refractivity contribution in [2.75, 3.05) is 12.8 Å². The van der Waals surface area contributed by atoms with Crippen molar-refractivity contribution in [1.29, 1.82) is 0 Å². The van der Waals surface area contributed by atoms with E-state index in [9.17, 15) is 9.18 Å². The number of carbonyl (C=O) groups excluding carboxylic acids is 1. The van der Waals surface area contributed by atoms with E-state index in [0.717, 1.165) is 10.3 Å². The summed E-state index contributed by atoms with van der Waals surface area (Å²) >= 11 is 1.29. The lowest BCUT2D eigenvalue weighted by atomic mass is 9.86. The summed E-state index contributed by atoms with van der Waals surface area (Å²) in [4.78, 5) is 17.2. The zero-order valence-electron chi connectivity index (χ0n) is 12.8. The van der Waals surface area contributed by atoms with Crippen molar-refractivity contribution < 1.29 is 13.9 Å². The van der Waals surface area contributed by atoms with Gasteiger partial charge in [-0.1, -0.05) is 29.5 Å². The highest BCUT2D eigenvalue weighted by atomic mass is 32.1. The maximum Gasteiger partial charge on any atom is 0.229 e. The molecule has 0 unspecified atom stereocenters. The zero-order chi connectivity index (χ0) is 16.8. The third-order valence-electron chi connectivity index (χ3n) is 4.11. The number of hydrogen-bond acceptors (Lipinski definition) is 5. The number of hydrogen-bond donors (Lipinski definition) is 1. The van der Waals surface area contributed by atoms with Crippen LogP contribution in [-0.2, 0) is 11.2 Å². The van der Waals surface area contributed by atoms with Crippen LogP contribution in [-0.4, -0.2) is 17.9 Å². The molecule has 24 heavy (non-hydrogen) atoms. The number of carbonyl (C=O) groups is 1. The molecule has 3 aromatic rings. The summed E-state index contributed by atoms with van der Waals surface area (Å²) < 4.78 is 19.7. The summed E-state index contributed by atoms with van der Waals surface area (Å²) in [5.74, 6) is -0.320. The van der Waals surface area contributed by atoms with Gasteiger partial charge in [-0.2, -0.15) is 0 Å². The topological polar surface area (TPSA) is 65.2 Å². The third kappa shape index (κ3) is 2.18. The van der Waals surface area contributed by atoms with E-state index in [2.05, 4.69) is 4.98 Å². The predicted octanol–water partition coefficient (Wildman–Crippen LogP) is 3.81. The van der Waals surface area contributed by atoms with Crippen LogP contribution in [0.1, 0.15) is 21.5 Å². The molecule has 0 spiro atoms. The maximum absolute atomic E-state index is 13.6. The minimum absolute atomic E-state index is 0.215. The molecule has 6 heteroatoms. The van der Waals surface area contributed by atoms with Crippen LogP contribution in [0.2, 0.25) is 0 Å². The van der Waals surface area contributed by atoms with E-state index in [-0.39, 0.29) is 17.4 Å². The number of thiazole rings is 1. The standard InChI is InChI=1S/C18H13FN2O2S/c1-23-16-12(9-3-2-4-11(19)7-9)8-10-5-6-13-17(14(10)15(16)22)24-18(20)21-13/h2-7H,8H2,1H3,(H2,20,21). The molecule has 120 valence electrons. The lowest BCUT2D eigenvalue weighted by Gasteiger charge is -2.21. The molecule has 0 saturated carbocycles. The van der Waals surface area contributed by atoms with E-state index in [4.69, 9.17) is 10.5 Å². The number of fused-ring (bicyclic) bond motifs is 3. The number of benzene rings is 2. The molecule has 1 aromatic heterocycles. The van der Waals surface area contributed by atoms with Crippen molar-refractivity contribution in [1.82, 2.24) is 4.98 Å². The van der Waals surface area contributed by atoms with Crippen molar-refractivity contribution in [3.8, 4) is 0 Å². The van der Waals surface area contributed by atoms with Gasteiger partial charge in [-0.3, -0.25) is 4.79 Å². The number of allylic oxidation sites excluding steroid dienone is 2. The number of methoxy groups -OCH3 is 1. The molecule has 4 nitrogen and oxygen atoms in total. The molecule has 2 aromatic carbocycles. The Balaban J connectivity index is 1.94. The Morgan fingerprint density at radius 1 is 1.29 bits per heavy atom. The fourth-order valence-corrected chi connectivity index (χ4v) is 3.99. The molecule has 0 saturated heterocycles. The quantitative estimate of drug-likeness (QED) is 0.770. The first-order valence-corrected chi connectivity index (χ1v) is 8.16. The highest BCUT2D eigenvalue weighted by Gasteiger charge is 2.30. The van der Waals surface area contributed by atoms with Crippen molar-refractivity contribution in [2.45, 2.75) is 6.42 Å². The maximum atomic E-state index is 13.6. The van der Waals surface area contributed by atoms with Gasteiger partial charge in [0.15, 0.2) is 10.9 Å². The second-order valence-corrected chi connectivity index (χ2v) is 6.56. The monoisotopic (exact) mass is 340 g/mol. The first-order chi connectivity index (χ1) is 11.6. The summed E-state index contributed by atoms with van der Waals surface area (Å²) in [5, 5.41) is 0.421. The Hall–Kier alpha value is -2.73. The van der Waals surface area contributed by atoms with Crippen LogP contribution < -0.4 is 5.73 Å². The average Bonchev–Trinajstić information content (AvgIpc) is 2.94. The van der Waals surface area contributed by atoms with Crippen LogP contribution in [0.5, 0.6) is 0 Å². The van der Waals surface area contributed by atoms with Gasteiger partial charge in [0.25, 0.3) is 0 Å². The van der Waals surface area contributed by atoms with Gasteiger partial charge in [0.2, 0.25) is 5.78 Å². The number of ether oxygens (including phenoxy) is 1. The summed E-state index contributed by atoms with van der Waals surface area (Å²) in [6, 6.07) is 9.92. The number of ketones is 1. The number of anilines is 1. The summed E-state index contributed by atoms with van der Waals surface area (Å²) in [7, 11) is 1.46. The first-order valence-electron chi connectivity index (χ1n) is 7.34. The van der Waals surface area contributed by atoms with Gasteiger partial charge in [-0.05, 0) is 29.3 Å². The Labute approximate surface area is 141 Å². The lowest BCUT2D eigenvalue weighted by molar-refractivity contribution is 0.0953. The van der Waals surface area contributed by atoms with Gasteiger partial charge in [0, 0.05) is 17.6 Å². The molecule has 4 rings (SSSR count). The molecular weight excluding hydrogens is 327 g/mol. The van der Waals surface area contributed by atoms with Gasteiger partial charge in [-0.25, -0.2) is 9.37 Å². The van der Waals surface area contributed by atoms with Gasteiger partial charge in [0.05, 0.1) is 17.3 Å². The summed E-state index contributed by atoms with van der Waals surface area (Å²) in [5.41, 5.74) is 9.27. The van der Waals surface area contributed by atoms with E-state index in [1.54, 1.807) is 12.1 Å². The van der Waals surface area contributed by atoms with Gasteiger partial charge < -0.3 is 10.5 Å². The van der Waals surface area contributed by atoms with E-state index in [1.807, 2.05) is 12.1 Å². The normalized spacial score (nSPS) is 14.2. The molecule has 0 amide bonds. The molecule has 0 bridgehead atoms. The van der Waals surface area contributed by atoms with Crippen LogP contribution in [0.25, 0.3) is 15.8 Å². The Bertz CT molecular complexity index is 1020. The first kappa shape index (κ1) is 14.8. The minimum Gasteiger partial charge on any atom is -0.492 e. The lowest BCUT2D eigenvalue weighted by Crippen LogP contribution is -2.17. The Morgan fingerprint density at radius 2 is 2.12 bits per heavy atom. The molecule has 0 atom stereocenters. The smallest absolute Gasteiger partial charge is 0.229 e. The molecule has 1 aliphatic carbocycles. The zero-order valence-corrected chi connectivity index (χ0v) is 13.6. The van der Waals surface area contributed by atoms with E-state index in [1.165, 1.54) is 30.6 Å². The highest BCUT2D eigenvalue weighted by Crippen LogP contribution is 2.38. The third-order valence-corrected chi connectivity index (χ3v) is 5.03. The SMILES string of the molecule is COC1=C(c2cccc(F)c2)Cc2ccc3nc(N)sc3c2C1=O. The molecule has 0 aliphatic heterocycles. The van der Waals surface area contributed by atoms with Gasteiger partial charge in [0.1, 0.15) is 5.82 Å². The van der Waals surface area contributed by atoms with E-state index < -0.39 is 0 Å². The minimum atomic E-state index is -0.348. The molecule has 2 N–H and O–H groups in total. The van der Waals surface area contributed by atoms with Crippen LogP contribution in [0.4, 0.5) is 9.52 Å². The average molecular weight is 340 g/mol. The van der Waals surface area contributed by atoms with Gasteiger partial charge in [-0.15, -0.1) is 0 Å². The predicted molar refractivity (Wildman–Crippen MR) is 92.4 cm³/mol. The fraction of sp³-hybridized carbons (Fsp3) is 0.111. The molecule has 1 aliphatic rings. The number of aromatic nitrogens is 1. The van der Waals surface area contributed by atoms with Crippen molar-refractivity contribution in [2.24, 2.45) is 0 Å². The molecular formula is C18H13FN2O2S. The number of nitrogens with two attached hydrogens (primary N) is 1.